The highest BCUT2D eigenvalue weighted by Crippen LogP contribution is 2.32. The van der Waals surface area contributed by atoms with Gasteiger partial charge in [-0.2, -0.15) is 13.2 Å². The number of Topliss-reactive ketones (excluding diaryl/α,β-unsaturated/α-hetero) is 1. The molecule has 0 N–H and O–H groups in total. The van der Waals surface area contributed by atoms with Gasteiger partial charge in [-0.05, 0) is 13.1 Å². The Balaban J connectivity index is 2.29. The van der Waals surface area contributed by atoms with E-state index in [-0.39, 0.29) is 6.54 Å². The van der Waals surface area contributed by atoms with Crippen molar-refractivity contribution in [3.63, 3.8) is 0 Å². The molecule has 0 spiro atoms. The number of nitrogens with zero attached hydrogens (tertiary/aromatic N) is 2. The second-order valence-electron chi connectivity index (χ2n) is 4.40. The Morgan fingerprint density at radius 3 is 2.89 bits per heavy atom. The number of aromatic nitrogens is 1. The van der Waals surface area contributed by atoms with Crippen LogP contribution >= 0.6 is 0 Å². The standard InChI is InChI=1S/C12H13F3N2O2/c1-17-4-5-19-10(7-17)11(18)8-6-16-3-2-9(8)12(13,14)15/h2-3,6,10H,4-5,7H2,1H3. The zero-order valence-electron chi connectivity index (χ0n) is 10.3. The van der Waals surface area contributed by atoms with Crippen molar-refractivity contribution in [2.24, 2.45) is 0 Å². The maximum atomic E-state index is 12.8. The summed E-state index contributed by atoms with van der Waals surface area (Å²) in [5.74, 6) is -0.674. The summed E-state index contributed by atoms with van der Waals surface area (Å²) in [6, 6.07) is 0.805. The van der Waals surface area contributed by atoms with Crippen LogP contribution in [0.2, 0.25) is 0 Å². The second kappa shape index (κ2) is 5.26. The van der Waals surface area contributed by atoms with Crippen molar-refractivity contribution in [2.75, 3.05) is 26.7 Å². The smallest absolute Gasteiger partial charge is 0.367 e. The third-order valence-corrected chi connectivity index (χ3v) is 2.95. The number of hydrogen-bond acceptors (Lipinski definition) is 4. The largest absolute Gasteiger partial charge is 0.417 e. The zero-order valence-corrected chi connectivity index (χ0v) is 10.3. The van der Waals surface area contributed by atoms with E-state index < -0.39 is 29.2 Å². The van der Waals surface area contributed by atoms with Crippen molar-refractivity contribution >= 4 is 5.78 Å². The Morgan fingerprint density at radius 1 is 1.53 bits per heavy atom. The van der Waals surface area contributed by atoms with Gasteiger partial charge < -0.3 is 9.64 Å². The zero-order chi connectivity index (χ0) is 14.0. The van der Waals surface area contributed by atoms with E-state index in [0.717, 1.165) is 18.5 Å². The second-order valence-corrected chi connectivity index (χ2v) is 4.40. The van der Waals surface area contributed by atoms with Crippen molar-refractivity contribution in [3.8, 4) is 0 Å². The molecule has 1 saturated heterocycles. The summed E-state index contributed by atoms with van der Waals surface area (Å²) in [6.45, 7) is 1.27. The summed E-state index contributed by atoms with van der Waals surface area (Å²) in [4.78, 5) is 17.6. The Bertz CT molecular complexity index is 476. The first kappa shape index (κ1) is 14.0. The van der Waals surface area contributed by atoms with Gasteiger partial charge in [-0.15, -0.1) is 0 Å². The van der Waals surface area contributed by atoms with E-state index in [2.05, 4.69) is 4.98 Å². The van der Waals surface area contributed by atoms with E-state index in [1.54, 1.807) is 7.05 Å². The molecule has 0 amide bonds. The Kier molecular flexibility index (Phi) is 3.86. The topological polar surface area (TPSA) is 42.4 Å². The number of alkyl halides is 3. The fourth-order valence-corrected chi connectivity index (χ4v) is 1.95. The molecule has 104 valence electrons. The first-order valence-electron chi connectivity index (χ1n) is 5.75. The molecule has 1 unspecified atom stereocenters. The lowest BCUT2D eigenvalue weighted by molar-refractivity contribution is -0.138. The van der Waals surface area contributed by atoms with Gasteiger partial charge in [0.1, 0.15) is 6.10 Å². The monoisotopic (exact) mass is 274 g/mol. The van der Waals surface area contributed by atoms with Gasteiger partial charge in [0.25, 0.3) is 0 Å². The molecule has 1 aromatic rings. The van der Waals surface area contributed by atoms with Crippen LogP contribution in [-0.2, 0) is 10.9 Å². The SMILES string of the molecule is CN1CCOC(C(=O)c2cnccc2C(F)(F)F)C1. The third-order valence-electron chi connectivity index (χ3n) is 2.95. The Morgan fingerprint density at radius 2 is 2.26 bits per heavy atom. The van der Waals surface area contributed by atoms with Crippen molar-refractivity contribution < 1.29 is 22.7 Å². The van der Waals surface area contributed by atoms with Gasteiger partial charge in [-0.25, -0.2) is 0 Å². The maximum absolute atomic E-state index is 12.8. The number of ether oxygens (including phenoxy) is 1. The van der Waals surface area contributed by atoms with Crippen LogP contribution in [0.5, 0.6) is 0 Å². The number of morpholine rings is 1. The molecule has 1 fully saturated rings. The summed E-state index contributed by atoms with van der Waals surface area (Å²) >= 11 is 0. The van der Waals surface area contributed by atoms with E-state index in [0.29, 0.717) is 13.2 Å². The average Bonchev–Trinajstić information content (AvgIpc) is 2.37. The summed E-state index contributed by atoms with van der Waals surface area (Å²) in [5.41, 5.74) is -1.40. The van der Waals surface area contributed by atoms with E-state index in [9.17, 15) is 18.0 Å². The lowest BCUT2D eigenvalue weighted by atomic mass is 10.0. The van der Waals surface area contributed by atoms with Crippen LogP contribution in [0.15, 0.2) is 18.5 Å². The fourth-order valence-electron chi connectivity index (χ4n) is 1.95. The van der Waals surface area contributed by atoms with Crippen LogP contribution in [0, 0.1) is 0 Å². The molecule has 1 aromatic heterocycles. The van der Waals surface area contributed by atoms with E-state index >= 15 is 0 Å². The number of rotatable bonds is 2. The highest BCUT2D eigenvalue weighted by atomic mass is 19.4. The van der Waals surface area contributed by atoms with E-state index in [1.165, 1.54) is 0 Å². The number of carbonyl (C=O) groups is 1. The highest BCUT2D eigenvalue weighted by Gasteiger charge is 2.37. The minimum Gasteiger partial charge on any atom is -0.367 e. The van der Waals surface area contributed by atoms with Crippen LogP contribution in [0.1, 0.15) is 15.9 Å². The summed E-state index contributed by atoms with van der Waals surface area (Å²) in [6.07, 6.45) is -3.48. The predicted molar refractivity (Wildman–Crippen MR) is 60.8 cm³/mol. The number of halogens is 3. The van der Waals surface area contributed by atoms with Crippen LogP contribution in [0.3, 0.4) is 0 Å². The number of likely N-dealkylation sites (N-methyl/N-ethyl adjacent to an activating group) is 1. The van der Waals surface area contributed by atoms with Gasteiger partial charge in [-0.3, -0.25) is 9.78 Å². The molecule has 19 heavy (non-hydrogen) atoms. The van der Waals surface area contributed by atoms with Crippen LogP contribution in [0.25, 0.3) is 0 Å². The number of hydrogen-bond donors (Lipinski definition) is 0. The van der Waals surface area contributed by atoms with Gasteiger partial charge in [0.2, 0.25) is 0 Å². The molecule has 7 heteroatoms. The predicted octanol–water partition coefficient (Wildman–Crippen LogP) is 1.61. The molecule has 4 nitrogen and oxygen atoms in total. The van der Waals surface area contributed by atoms with Crippen molar-refractivity contribution in [1.29, 1.82) is 0 Å². The van der Waals surface area contributed by atoms with Gasteiger partial charge in [0.05, 0.1) is 17.7 Å². The molecule has 0 bridgehead atoms. The van der Waals surface area contributed by atoms with E-state index in [1.807, 2.05) is 4.90 Å². The Labute approximate surface area is 108 Å². The van der Waals surface area contributed by atoms with E-state index in [4.69, 9.17) is 4.74 Å². The van der Waals surface area contributed by atoms with Crippen LogP contribution in [-0.4, -0.2) is 48.5 Å². The van der Waals surface area contributed by atoms with Gasteiger partial charge in [0.15, 0.2) is 5.78 Å². The third kappa shape index (κ3) is 3.10. The fraction of sp³-hybridized carbons (Fsp3) is 0.500. The number of carbonyl (C=O) groups excluding carboxylic acids is 1. The number of pyridine rings is 1. The van der Waals surface area contributed by atoms with Gasteiger partial charge in [0, 0.05) is 25.5 Å². The number of ketones is 1. The lowest BCUT2D eigenvalue weighted by Gasteiger charge is -2.29. The van der Waals surface area contributed by atoms with Crippen LogP contribution in [0.4, 0.5) is 13.2 Å². The summed E-state index contributed by atoms with van der Waals surface area (Å²) < 4.78 is 43.7. The van der Waals surface area contributed by atoms with Crippen LogP contribution < -0.4 is 0 Å². The van der Waals surface area contributed by atoms with Crippen molar-refractivity contribution in [2.45, 2.75) is 12.3 Å². The lowest BCUT2D eigenvalue weighted by Crippen LogP contribution is -2.44. The molecule has 1 aliphatic heterocycles. The van der Waals surface area contributed by atoms with Crippen molar-refractivity contribution in [1.82, 2.24) is 9.88 Å². The summed E-state index contributed by atoms with van der Waals surface area (Å²) in [5, 5.41) is 0. The van der Waals surface area contributed by atoms with Crippen molar-refractivity contribution in [3.05, 3.63) is 29.6 Å². The highest BCUT2D eigenvalue weighted by molar-refractivity contribution is 6.00. The quantitative estimate of drug-likeness (QED) is 0.768. The minimum absolute atomic E-state index is 0.283. The maximum Gasteiger partial charge on any atom is 0.417 e. The molecule has 1 aliphatic rings. The molecule has 1 atom stereocenters. The molecule has 0 radical (unpaired) electrons. The molecule has 0 aromatic carbocycles. The molecule has 0 aliphatic carbocycles. The molecular formula is C12H13F3N2O2. The van der Waals surface area contributed by atoms with Gasteiger partial charge in [-0.1, -0.05) is 0 Å². The molecule has 0 saturated carbocycles. The summed E-state index contributed by atoms with van der Waals surface area (Å²) in [7, 11) is 1.79. The average molecular weight is 274 g/mol. The molecular weight excluding hydrogens is 261 g/mol. The first-order chi connectivity index (χ1) is 8.89. The normalized spacial score (nSPS) is 21.4. The minimum atomic E-state index is -4.57. The van der Waals surface area contributed by atoms with Gasteiger partial charge >= 0.3 is 6.18 Å². The first-order valence-corrected chi connectivity index (χ1v) is 5.75. The molecule has 2 rings (SSSR count). The molecule has 2 heterocycles. The Hall–Kier alpha value is -1.47.